The molecule has 1 fully saturated rings. The van der Waals surface area contributed by atoms with Crippen LogP contribution in [0, 0.1) is 6.92 Å². The standard InChI is InChI=1S/C12H20N2S/c1-10-14-9-11(15-10)8-12(13)6-4-2-3-5-7-12/h9H,2-8,13H2,1H3. The van der Waals surface area contributed by atoms with Crippen molar-refractivity contribution >= 4 is 11.3 Å². The number of hydrogen-bond donors (Lipinski definition) is 1. The first kappa shape index (κ1) is 11.1. The van der Waals surface area contributed by atoms with Crippen molar-refractivity contribution in [3.05, 3.63) is 16.1 Å². The summed E-state index contributed by atoms with van der Waals surface area (Å²) in [6, 6.07) is 0. The van der Waals surface area contributed by atoms with Crippen LogP contribution < -0.4 is 5.73 Å². The van der Waals surface area contributed by atoms with Crippen molar-refractivity contribution in [2.24, 2.45) is 5.73 Å². The van der Waals surface area contributed by atoms with E-state index in [1.54, 1.807) is 11.3 Å². The van der Waals surface area contributed by atoms with E-state index in [1.807, 2.05) is 6.20 Å². The quantitative estimate of drug-likeness (QED) is 0.784. The predicted molar refractivity (Wildman–Crippen MR) is 65.2 cm³/mol. The van der Waals surface area contributed by atoms with Gasteiger partial charge in [0.1, 0.15) is 0 Å². The van der Waals surface area contributed by atoms with Crippen LogP contribution in [0.1, 0.15) is 48.4 Å². The highest BCUT2D eigenvalue weighted by atomic mass is 32.1. The minimum atomic E-state index is 0.0511. The summed E-state index contributed by atoms with van der Waals surface area (Å²) in [6.07, 6.45) is 10.7. The van der Waals surface area contributed by atoms with Crippen molar-refractivity contribution in [2.45, 2.75) is 57.4 Å². The van der Waals surface area contributed by atoms with Gasteiger partial charge in [0.25, 0.3) is 0 Å². The summed E-state index contributed by atoms with van der Waals surface area (Å²) in [5.74, 6) is 0. The van der Waals surface area contributed by atoms with Gasteiger partial charge in [0.2, 0.25) is 0 Å². The summed E-state index contributed by atoms with van der Waals surface area (Å²) in [5.41, 5.74) is 6.53. The number of aryl methyl sites for hydroxylation is 1. The zero-order valence-electron chi connectivity index (χ0n) is 9.46. The number of aromatic nitrogens is 1. The van der Waals surface area contributed by atoms with Gasteiger partial charge in [-0.15, -0.1) is 11.3 Å². The molecule has 0 amide bonds. The molecule has 1 aromatic heterocycles. The highest BCUT2D eigenvalue weighted by Gasteiger charge is 2.26. The van der Waals surface area contributed by atoms with Crippen LogP contribution in [-0.4, -0.2) is 10.5 Å². The topological polar surface area (TPSA) is 38.9 Å². The predicted octanol–water partition coefficient (Wildman–Crippen LogP) is 3.05. The molecule has 2 N–H and O–H groups in total. The van der Waals surface area contributed by atoms with E-state index in [0.29, 0.717) is 0 Å². The Bertz CT molecular complexity index is 311. The van der Waals surface area contributed by atoms with Gasteiger partial charge in [0.05, 0.1) is 5.01 Å². The summed E-state index contributed by atoms with van der Waals surface area (Å²) in [6.45, 7) is 2.06. The third kappa shape index (κ3) is 3.02. The fourth-order valence-electron chi connectivity index (χ4n) is 2.44. The third-order valence-electron chi connectivity index (χ3n) is 3.29. The van der Waals surface area contributed by atoms with Gasteiger partial charge in [0, 0.05) is 23.0 Å². The zero-order chi connectivity index (χ0) is 10.7. The largest absolute Gasteiger partial charge is 0.325 e. The summed E-state index contributed by atoms with van der Waals surface area (Å²) < 4.78 is 0. The Balaban J connectivity index is 2.02. The molecule has 0 unspecified atom stereocenters. The van der Waals surface area contributed by atoms with Crippen LogP contribution in [0.25, 0.3) is 0 Å². The Morgan fingerprint density at radius 2 is 2.00 bits per heavy atom. The summed E-state index contributed by atoms with van der Waals surface area (Å²) in [4.78, 5) is 5.66. The van der Waals surface area contributed by atoms with Gasteiger partial charge in [-0.05, 0) is 19.8 Å². The lowest BCUT2D eigenvalue weighted by atomic mass is 9.87. The highest BCUT2D eigenvalue weighted by Crippen LogP contribution is 2.29. The van der Waals surface area contributed by atoms with Gasteiger partial charge >= 0.3 is 0 Å². The third-order valence-corrected chi connectivity index (χ3v) is 4.21. The van der Waals surface area contributed by atoms with Gasteiger partial charge < -0.3 is 5.73 Å². The van der Waals surface area contributed by atoms with Gasteiger partial charge in [-0.1, -0.05) is 25.7 Å². The van der Waals surface area contributed by atoms with Crippen LogP contribution in [0.15, 0.2) is 6.20 Å². The van der Waals surface area contributed by atoms with Crippen molar-refractivity contribution in [1.82, 2.24) is 4.98 Å². The molecule has 2 rings (SSSR count). The molecule has 1 heterocycles. The van der Waals surface area contributed by atoms with Crippen molar-refractivity contribution in [3.8, 4) is 0 Å². The highest BCUT2D eigenvalue weighted by molar-refractivity contribution is 7.11. The Labute approximate surface area is 95.9 Å². The van der Waals surface area contributed by atoms with Crippen molar-refractivity contribution in [1.29, 1.82) is 0 Å². The summed E-state index contributed by atoms with van der Waals surface area (Å²) in [7, 11) is 0. The molecule has 0 aliphatic heterocycles. The lowest BCUT2D eigenvalue weighted by Gasteiger charge is -2.27. The first-order valence-corrected chi connectivity index (χ1v) is 6.70. The zero-order valence-corrected chi connectivity index (χ0v) is 10.3. The Morgan fingerprint density at radius 3 is 2.53 bits per heavy atom. The maximum Gasteiger partial charge on any atom is 0.0896 e. The molecule has 3 heteroatoms. The number of nitrogens with zero attached hydrogens (tertiary/aromatic N) is 1. The fourth-order valence-corrected chi connectivity index (χ4v) is 3.39. The van der Waals surface area contributed by atoms with Gasteiger partial charge in [-0.25, -0.2) is 4.98 Å². The number of hydrogen-bond acceptors (Lipinski definition) is 3. The van der Waals surface area contributed by atoms with Crippen LogP contribution in [0.2, 0.25) is 0 Å². The molecule has 1 aliphatic carbocycles. The molecule has 0 atom stereocenters. The van der Waals surface area contributed by atoms with Crippen LogP contribution in [0.4, 0.5) is 0 Å². The molecular weight excluding hydrogens is 204 g/mol. The monoisotopic (exact) mass is 224 g/mol. The molecule has 15 heavy (non-hydrogen) atoms. The molecular formula is C12H20N2S. The molecule has 1 aliphatic rings. The maximum absolute atomic E-state index is 6.48. The van der Waals surface area contributed by atoms with E-state index in [9.17, 15) is 0 Å². The molecule has 0 saturated heterocycles. The van der Waals surface area contributed by atoms with E-state index < -0.39 is 0 Å². The Hall–Kier alpha value is -0.410. The molecule has 84 valence electrons. The number of nitrogens with two attached hydrogens (primary N) is 1. The molecule has 0 aromatic carbocycles. The van der Waals surface area contributed by atoms with Crippen molar-refractivity contribution in [3.63, 3.8) is 0 Å². The van der Waals surface area contributed by atoms with E-state index >= 15 is 0 Å². The van der Waals surface area contributed by atoms with Gasteiger partial charge in [-0.3, -0.25) is 0 Å². The number of rotatable bonds is 2. The van der Waals surface area contributed by atoms with Crippen molar-refractivity contribution in [2.75, 3.05) is 0 Å². The average Bonchev–Trinajstić information content (AvgIpc) is 2.46. The first-order valence-electron chi connectivity index (χ1n) is 5.88. The first-order chi connectivity index (χ1) is 7.18. The molecule has 1 aromatic rings. The lowest BCUT2D eigenvalue weighted by molar-refractivity contribution is 0.371. The van der Waals surface area contributed by atoms with E-state index in [-0.39, 0.29) is 5.54 Å². The normalized spacial score (nSPS) is 21.2. The minimum Gasteiger partial charge on any atom is -0.325 e. The molecule has 0 radical (unpaired) electrons. The second-order valence-electron chi connectivity index (χ2n) is 4.80. The lowest BCUT2D eigenvalue weighted by Crippen LogP contribution is -2.41. The molecule has 2 nitrogen and oxygen atoms in total. The van der Waals surface area contributed by atoms with Crippen LogP contribution >= 0.6 is 11.3 Å². The van der Waals surface area contributed by atoms with E-state index in [1.165, 1.54) is 43.4 Å². The van der Waals surface area contributed by atoms with Crippen LogP contribution in [-0.2, 0) is 6.42 Å². The van der Waals surface area contributed by atoms with Crippen molar-refractivity contribution < 1.29 is 0 Å². The second-order valence-corrected chi connectivity index (χ2v) is 6.12. The average molecular weight is 224 g/mol. The molecule has 0 spiro atoms. The molecule has 0 bridgehead atoms. The Kier molecular flexibility index (Phi) is 3.42. The molecule has 1 saturated carbocycles. The number of thiazole rings is 1. The SMILES string of the molecule is Cc1ncc(CC2(N)CCCCCC2)s1. The van der Waals surface area contributed by atoms with E-state index in [4.69, 9.17) is 5.73 Å². The summed E-state index contributed by atoms with van der Waals surface area (Å²) >= 11 is 1.80. The van der Waals surface area contributed by atoms with Gasteiger partial charge in [-0.2, -0.15) is 0 Å². The van der Waals surface area contributed by atoms with Crippen LogP contribution in [0.3, 0.4) is 0 Å². The van der Waals surface area contributed by atoms with Gasteiger partial charge in [0.15, 0.2) is 0 Å². The smallest absolute Gasteiger partial charge is 0.0896 e. The minimum absolute atomic E-state index is 0.0511. The summed E-state index contributed by atoms with van der Waals surface area (Å²) in [5, 5.41) is 1.15. The van der Waals surface area contributed by atoms with E-state index in [0.717, 1.165) is 11.4 Å². The fraction of sp³-hybridized carbons (Fsp3) is 0.750. The maximum atomic E-state index is 6.48. The van der Waals surface area contributed by atoms with E-state index in [2.05, 4.69) is 11.9 Å². The van der Waals surface area contributed by atoms with Crippen LogP contribution in [0.5, 0.6) is 0 Å². The Morgan fingerprint density at radius 1 is 1.33 bits per heavy atom. The second kappa shape index (κ2) is 4.62.